The molecule has 0 unspecified atom stereocenters. The summed E-state index contributed by atoms with van der Waals surface area (Å²) < 4.78 is 7.96. The Kier molecular flexibility index (Phi) is 5.05. The van der Waals surface area contributed by atoms with E-state index in [-0.39, 0.29) is 5.56 Å². The molecule has 3 heterocycles. The quantitative estimate of drug-likeness (QED) is 0.473. The summed E-state index contributed by atoms with van der Waals surface area (Å²) in [6.45, 7) is 2.08. The van der Waals surface area contributed by atoms with E-state index in [4.69, 9.17) is 4.74 Å². The van der Waals surface area contributed by atoms with Gasteiger partial charge in [0.1, 0.15) is 27.1 Å². The molecule has 4 aromatic rings. The van der Waals surface area contributed by atoms with Crippen LogP contribution in [-0.2, 0) is 0 Å². The third kappa shape index (κ3) is 3.25. The molecule has 0 saturated carbocycles. The molecule has 0 radical (unpaired) electrons. The first-order valence-corrected chi connectivity index (χ1v) is 10.1. The smallest absolute Gasteiger partial charge is 0.275 e. The second kappa shape index (κ2) is 7.50. The number of rotatable bonds is 5. The summed E-state index contributed by atoms with van der Waals surface area (Å²) in [6, 6.07) is 7.22. The lowest BCUT2D eigenvalue weighted by atomic mass is 10.2. The van der Waals surface area contributed by atoms with Crippen LogP contribution in [0.15, 0.2) is 46.1 Å². The second-order valence-corrected chi connectivity index (χ2v) is 8.14. The highest BCUT2D eigenvalue weighted by molar-refractivity contribution is 9.10. The second-order valence-electron chi connectivity index (χ2n) is 6.29. The number of halogens is 1. The number of methoxy groups -OCH3 is 1. The molecule has 0 amide bonds. The predicted molar refractivity (Wildman–Crippen MR) is 115 cm³/mol. The zero-order chi connectivity index (χ0) is 19.8. The number of hydrogen-bond acceptors (Lipinski definition) is 7. The van der Waals surface area contributed by atoms with Gasteiger partial charge >= 0.3 is 0 Å². The molecule has 0 fully saturated rings. The van der Waals surface area contributed by atoms with Gasteiger partial charge < -0.3 is 15.2 Å². The van der Waals surface area contributed by atoms with Gasteiger partial charge in [0.2, 0.25) is 0 Å². The maximum atomic E-state index is 13.1. The average Bonchev–Trinajstić information content (AvgIpc) is 3.07. The molecule has 7 nitrogen and oxygen atoms in total. The van der Waals surface area contributed by atoms with Gasteiger partial charge in [-0.2, -0.15) is 0 Å². The maximum Gasteiger partial charge on any atom is 0.275 e. The van der Waals surface area contributed by atoms with Crippen LogP contribution in [-0.4, -0.2) is 39.4 Å². The zero-order valence-corrected chi connectivity index (χ0v) is 17.5. The molecule has 0 bridgehead atoms. The number of anilines is 1. The fraction of sp³-hybridized carbons (Fsp3) is 0.211. The van der Waals surface area contributed by atoms with Gasteiger partial charge in [-0.15, -0.1) is 11.3 Å². The standard InChI is InChI=1S/C19H17BrN4O3S/c1-10(25)7-21-15-13(20)8-22-18-14(15)16-17(28-18)19(26)24(9-23-16)11-3-5-12(27-2)6-4-11/h3-6,8-10,25H,7H2,1-2H3,(H,21,22)/t10-/m1/s1. The average molecular weight is 461 g/mol. The molecule has 1 atom stereocenters. The van der Waals surface area contributed by atoms with E-state index in [0.717, 1.165) is 21.3 Å². The number of hydrogen-bond donors (Lipinski definition) is 2. The molecule has 0 aliphatic carbocycles. The van der Waals surface area contributed by atoms with Crippen molar-refractivity contribution in [3.05, 3.63) is 51.6 Å². The van der Waals surface area contributed by atoms with E-state index < -0.39 is 6.10 Å². The van der Waals surface area contributed by atoms with Gasteiger partial charge in [0, 0.05) is 12.7 Å². The SMILES string of the molecule is COc1ccc(-n2cnc3c(sc4ncc(Br)c(NC[C@@H](C)O)c43)c2=O)cc1. The van der Waals surface area contributed by atoms with E-state index in [9.17, 15) is 9.90 Å². The van der Waals surface area contributed by atoms with Gasteiger partial charge in [-0.3, -0.25) is 9.36 Å². The molecule has 0 aliphatic rings. The summed E-state index contributed by atoms with van der Waals surface area (Å²) in [6.07, 6.45) is 2.70. The van der Waals surface area contributed by atoms with Crippen LogP contribution >= 0.6 is 27.3 Å². The third-order valence-electron chi connectivity index (χ3n) is 4.29. The molecule has 9 heteroatoms. The highest BCUT2D eigenvalue weighted by Gasteiger charge is 2.18. The molecule has 1 aromatic carbocycles. The predicted octanol–water partition coefficient (Wildman–Crippen LogP) is 3.56. The van der Waals surface area contributed by atoms with Crippen molar-refractivity contribution in [2.24, 2.45) is 0 Å². The molecule has 3 aromatic heterocycles. The number of pyridine rings is 1. The van der Waals surface area contributed by atoms with Crippen LogP contribution < -0.4 is 15.6 Å². The van der Waals surface area contributed by atoms with Crippen LogP contribution in [0.25, 0.3) is 26.1 Å². The van der Waals surface area contributed by atoms with Crippen molar-refractivity contribution < 1.29 is 9.84 Å². The van der Waals surface area contributed by atoms with Gasteiger partial charge in [0.05, 0.1) is 34.4 Å². The van der Waals surface area contributed by atoms with Crippen molar-refractivity contribution in [1.82, 2.24) is 14.5 Å². The van der Waals surface area contributed by atoms with E-state index >= 15 is 0 Å². The van der Waals surface area contributed by atoms with Gasteiger partial charge in [0.15, 0.2) is 0 Å². The Balaban J connectivity index is 1.90. The van der Waals surface area contributed by atoms with E-state index in [1.807, 2.05) is 12.1 Å². The Morgan fingerprint density at radius 1 is 1.32 bits per heavy atom. The largest absolute Gasteiger partial charge is 0.497 e. The van der Waals surface area contributed by atoms with Crippen LogP contribution in [0.5, 0.6) is 5.75 Å². The zero-order valence-electron chi connectivity index (χ0n) is 15.1. The Morgan fingerprint density at radius 2 is 2.07 bits per heavy atom. The Hall–Kier alpha value is -2.49. The molecular weight excluding hydrogens is 444 g/mol. The molecule has 0 saturated heterocycles. The monoisotopic (exact) mass is 460 g/mol. The van der Waals surface area contributed by atoms with Crippen molar-refractivity contribution >= 4 is 53.4 Å². The molecule has 28 heavy (non-hydrogen) atoms. The van der Waals surface area contributed by atoms with Crippen molar-refractivity contribution in [3.8, 4) is 11.4 Å². The highest BCUT2D eigenvalue weighted by atomic mass is 79.9. The van der Waals surface area contributed by atoms with E-state index in [2.05, 4.69) is 31.2 Å². The minimum Gasteiger partial charge on any atom is -0.497 e. The van der Waals surface area contributed by atoms with Crippen molar-refractivity contribution in [3.63, 3.8) is 0 Å². The third-order valence-corrected chi connectivity index (χ3v) is 5.96. The molecule has 144 valence electrons. The van der Waals surface area contributed by atoms with Gasteiger partial charge in [0.25, 0.3) is 5.56 Å². The summed E-state index contributed by atoms with van der Waals surface area (Å²) in [5.74, 6) is 0.718. The number of aliphatic hydroxyl groups is 1. The normalized spacial score (nSPS) is 12.4. The maximum absolute atomic E-state index is 13.1. The molecule has 4 rings (SSSR count). The summed E-state index contributed by atoms with van der Waals surface area (Å²) in [7, 11) is 1.60. The summed E-state index contributed by atoms with van der Waals surface area (Å²) in [5, 5.41) is 13.6. The Bertz CT molecular complexity index is 1220. The lowest BCUT2D eigenvalue weighted by Gasteiger charge is -2.11. The topological polar surface area (TPSA) is 89.3 Å². The molecule has 2 N–H and O–H groups in total. The van der Waals surface area contributed by atoms with Crippen LogP contribution in [0.3, 0.4) is 0 Å². The fourth-order valence-electron chi connectivity index (χ4n) is 2.92. The Labute approximate surface area is 172 Å². The first-order chi connectivity index (χ1) is 13.5. The number of benzene rings is 1. The first-order valence-electron chi connectivity index (χ1n) is 8.54. The molecule has 0 spiro atoms. The number of thiophene rings is 1. The number of fused-ring (bicyclic) bond motifs is 3. The van der Waals surface area contributed by atoms with Crippen molar-refractivity contribution in [2.45, 2.75) is 13.0 Å². The number of aliphatic hydroxyl groups excluding tert-OH is 1. The summed E-state index contributed by atoms with van der Waals surface area (Å²) in [5.41, 5.74) is 1.91. The van der Waals surface area contributed by atoms with Crippen LogP contribution in [0, 0.1) is 0 Å². The number of nitrogens with one attached hydrogen (secondary N) is 1. The minimum atomic E-state index is -0.514. The lowest BCUT2D eigenvalue weighted by Crippen LogP contribution is -2.18. The number of nitrogens with zero attached hydrogens (tertiary/aromatic N) is 3. The van der Waals surface area contributed by atoms with Gasteiger partial charge in [-0.05, 0) is 47.1 Å². The van der Waals surface area contributed by atoms with Gasteiger partial charge in [-0.25, -0.2) is 9.97 Å². The molecule has 0 aliphatic heterocycles. The van der Waals surface area contributed by atoms with Gasteiger partial charge in [-0.1, -0.05) is 0 Å². The minimum absolute atomic E-state index is 0.157. The first kappa shape index (κ1) is 18.9. The summed E-state index contributed by atoms with van der Waals surface area (Å²) >= 11 is 4.80. The van der Waals surface area contributed by atoms with Crippen LogP contribution in [0.1, 0.15) is 6.92 Å². The fourth-order valence-corrected chi connectivity index (χ4v) is 4.40. The van der Waals surface area contributed by atoms with Crippen LogP contribution in [0.2, 0.25) is 0 Å². The molecular formula is C19H17BrN4O3S. The van der Waals surface area contributed by atoms with E-state index in [1.165, 1.54) is 22.2 Å². The van der Waals surface area contributed by atoms with E-state index in [0.29, 0.717) is 27.3 Å². The Morgan fingerprint density at radius 3 is 2.75 bits per heavy atom. The number of aromatic nitrogens is 3. The van der Waals surface area contributed by atoms with Crippen LogP contribution in [0.4, 0.5) is 5.69 Å². The number of ether oxygens (including phenoxy) is 1. The highest BCUT2D eigenvalue weighted by Crippen LogP contribution is 2.38. The van der Waals surface area contributed by atoms with E-state index in [1.54, 1.807) is 32.4 Å². The van der Waals surface area contributed by atoms with Crippen molar-refractivity contribution in [2.75, 3.05) is 19.0 Å². The summed E-state index contributed by atoms with van der Waals surface area (Å²) in [4.78, 5) is 22.8. The lowest BCUT2D eigenvalue weighted by molar-refractivity contribution is 0.208. The van der Waals surface area contributed by atoms with Crippen molar-refractivity contribution in [1.29, 1.82) is 0 Å².